The molecule has 1 fully saturated rings. The van der Waals surface area contributed by atoms with Crippen LogP contribution in [0.4, 0.5) is 10.5 Å². The third-order valence-electron chi connectivity index (χ3n) is 9.05. The molecule has 2 heterocycles. The molecule has 4 rings (SSSR count). The Bertz CT molecular complexity index is 1270. The van der Waals surface area contributed by atoms with Crippen LogP contribution in [0, 0.1) is 5.41 Å². The molecule has 2 aliphatic rings. The molecule has 2 aromatic rings. The number of rotatable bonds is 17. The number of amides is 1. The van der Waals surface area contributed by atoms with E-state index in [1.54, 1.807) is 21.1 Å². The highest BCUT2D eigenvalue weighted by Gasteiger charge is 2.51. The summed E-state index contributed by atoms with van der Waals surface area (Å²) in [6.45, 7) is 13.1. The fourth-order valence-corrected chi connectivity index (χ4v) is 6.71. The summed E-state index contributed by atoms with van der Waals surface area (Å²) in [4.78, 5) is 16.6. The number of fused-ring (bicyclic) bond motifs is 1. The topological polar surface area (TPSA) is 119 Å². The van der Waals surface area contributed by atoms with Gasteiger partial charge in [-0.15, -0.1) is 0 Å². The molecule has 0 saturated carbocycles. The highest BCUT2D eigenvalue weighted by molar-refractivity contribution is 5.66. The molecule has 2 aliphatic heterocycles. The minimum atomic E-state index is -1.01. The van der Waals surface area contributed by atoms with Gasteiger partial charge in [0.25, 0.3) is 0 Å². The van der Waals surface area contributed by atoms with Gasteiger partial charge in [0.15, 0.2) is 0 Å². The van der Waals surface area contributed by atoms with Gasteiger partial charge in [0, 0.05) is 39.9 Å². The molecule has 0 spiro atoms. The lowest BCUT2D eigenvalue weighted by Gasteiger charge is -2.52. The first-order valence-corrected chi connectivity index (χ1v) is 17.1. The van der Waals surface area contributed by atoms with Crippen molar-refractivity contribution in [2.24, 2.45) is 5.41 Å². The van der Waals surface area contributed by atoms with E-state index in [4.69, 9.17) is 28.4 Å². The molecule has 0 aliphatic carbocycles. The summed E-state index contributed by atoms with van der Waals surface area (Å²) in [6.07, 6.45) is -1.21. The Morgan fingerprint density at radius 1 is 0.979 bits per heavy atom. The molecule has 1 amide bonds. The van der Waals surface area contributed by atoms with Crippen molar-refractivity contribution in [1.29, 1.82) is 0 Å². The number of anilines is 1. The van der Waals surface area contributed by atoms with Crippen molar-refractivity contribution in [3.05, 3.63) is 59.2 Å². The predicted octanol–water partition coefficient (Wildman–Crippen LogP) is 5.32. The maximum atomic E-state index is 12.8. The Labute approximate surface area is 286 Å². The summed E-state index contributed by atoms with van der Waals surface area (Å²) < 4.78 is 35.4. The Morgan fingerprint density at radius 3 is 2.38 bits per heavy atom. The molecule has 0 bridgehead atoms. The Balaban J connectivity index is 1.65. The normalized spacial score (nSPS) is 21.9. The van der Waals surface area contributed by atoms with Gasteiger partial charge in [0.2, 0.25) is 0 Å². The molecule has 2 N–H and O–H groups in total. The molecule has 5 atom stereocenters. The van der Waals surface area contributed by atoms with Gasteiger partial charge >= 0.3 is 6.09 Å². The first kappa shape index (κ1) is 37.9. The predicted molar refractivity (Wildman–Crippen MR) is 184 cm³/mol. The van der Waals surface area contributed by atoms with E-state index in [1.807, 2.05) is 45.0 Å². The number of aliphatic hydroxyl groups excluding tert-OH is 1. The second-order valence-electron chi connectivity index (χ2n) is 13.9. The molecule has 11 heteroatoms. The van der Waals surface area contributed by atoms with Crippen molar-refractivity contribution < 1.29 is 43.4 Å². The summed E-state index contributed by atoms with van der Waals surface area (Å²) in [5.41, 5.74) is 3.61. The largest absolute Gasteiger partial charge is 0.490 e. The molecule has 0 radical (unpaired) electrons. The van der Waals surface area contributed by atoms with E-state index in [0.29, 0.717) is 52.7 Å². The van der Waals surface area contributed by atoms with Gasteiger partial charge in [-0.25, -0.2) is 4.79 Å². The summed E-state index contributed by atoms with van der Waals surface area (Å²) in [7, 11) is 3.36. The average Bonchev–Trinajstić information content (AvgIpc) is 3.05. The number of likely N-dealkylation sites (tertiary alicyclic amines) is 1. The lowest BCUT2D eigenvalue weighted by molar-refractivity contribution is -0.138. The number of hydrogen-bond donors (Lipinski definition) is 2. The minimum Gasteiger partial charge on any atom is -0.490 e. The van der Waals surface area contributed by atoms with Crippen molar-refractivity contribution >= 4 is 11.8 Å². The molecular weight excluding hydrogens is 616 g/mol. The third-order valence-corrected chi connectivity index (χ3v) is 9.05. The Hall–Kier alpha value is -2.93. The minimum absolute atomic E-state index is 0.192. The van der Waals surface area contributed by atoms with Crippen LogP contribution in [0.3, 0.4) is 0 Å². The van der Waals surface area contributed by atoms with Crippen LogP contribution >= 0.6 is 0 Å². The van der Waals surface area contributed by atoms with Crippen LogP contribution in [0.25, 0.3) is 0 Å². The van der Waals surface area contributed by atoms with Crippen LogP contribution in [-0.2, 0) is 36.9 Å². The fraction of sp³-hybridized carbons (Fsp3) is 0.649. The van der Waals surface area contributed by atoms with Crippen LogP contribution in [0.15, 0.2) is 42.5 Å². The van der Waals surface area contributed by atoms with E-state index in [0.717, 1.165) is 47.6 Å². The molecule has 48 heavy (non-hydrogen) atoms. The SMILES string of the molecule is COCCCN1CCOc2ccc(CO[C@H]3CN(C(=O)O)C(C(C)(C)C)[C@@H](OCC[C@@H](C)O)[C@H]3c3ccc(COCCOC)cc3)cc21. The molecule has 1 saturated heterocycles. The van der Waals surface area contributed by atoms with Crippen LogP contribution in [0.1, 0.15) is 63.1 Å². The van der Waals surface area contributed by atoms with E-state index in [-0.39, 0.29) is 12.5 Å². The monoisotopic (exact) mass is 672 g/mol. The van der Waals surface area contributed by atoms with Crippen molar-refractivity contribution in [3.63, 3.8) is 0 Å². The van der Waals surface area contributed by atoms with E-state index < -0.39 is 35.9 Å². The Kier molecular flexibility index (Phi) is 14.3. The van der Waals surface area contributed by atoms with E-state index in [9.17, 15) is 15.0 Å². The van der Waals surface area contributed by atoms with Gasteiger partial charge in [-0.3, -0.25) is 4.90 Å². The number of nitrogens with zero attached hydrogens (tertiary/aromatic N) is 2. The quantitative estimate of drug-likeness (QED) is 0.214. The van der Waals surface area contributed by atoms with Gasteiger partial charge in [-0.2, -0.15) is 0 Å². The molecule has 11 nitrogen and oxygen atoms in total. The molecule has 1 unspecified atom stereocenters. The summed E-state index contributed by atoms with van der Waals surface area (Å²) in [6, 6.07) is 13.9. The second-order valence-corrected chi connectivity index (χ2v) is 13.9. The first-order chi connectivity index (χ1) is 23.0. The summed E-state index contributed by atoms with van der Waals surface area (Å²) in [5, 5.41) is 20.5. The van der Waals surface area contributed by atoms with Crippen LogP contribution in [0.2, 0.25) is 0 Å². The lowest BCUT2D eigenvalue weighted by atomic mass is 9.71. The van der Waals surface area contributed by atoms with Gasteiger partial charge in [0.05, 0.1) is 69.6 Å². The standard InChI is InChI=1S/C37H56N2O9/c1-26(40)14-18-47-34-33(29-11-8-27(9-12-29)24-45-21-20-44-6)32(23-39(36(41)42)35(34)37(2,3)4)48-25-28-10-13-31-30(22-28)38(16-19-46-31)15-7-17-43-5/h8-13,22,26,32-35,40H,7,14-21,23-25H2,1-6H3,(H,41,42)/t26-,32+,33+,34+,35?/m1/s1. The zero-order valence-corrected chi connectivity index (χ0v) is 29.6. The smallest absolute Gasteiger partial charge is 0.407 e. The number of carbonyl (C=O) groups is 1. The highest BCUT2D eigenvalue weighted by Crippen LogP contribution is 2.43. The van der Waals surface area contributed by atoms with Crippen molar-refractivity contribution in [1.82, 2.24) is 4.90 Å². The van der Waals surface area contributed by atoms with Crippen LogP contribution < -0.4 is 9.64 Å². The van der Waals surface area contributed by atoms with Gasteiger partial charge < -0.3 is 43.5 Å². The molecule has 0 aromatic heterocycles. The summed E-state index contributed by atoms with van der Waals surface area (Å²) in [5.74, 6) is 0.578. The fourth-order valence-electron chi connectivity index (χ4n) is 6.71. The maximum Gasteiger partial charge on any atom is 0.407 e. The van der Waals surface area contributed by atoms with Crippen molar-refractivity contribution in [2.45, 2.75) is 84.0 Å². The first-order valence-electron chi connectivity index (χ1n) is 17.1. The molecule has 268 valence electrons. The number of methoxy groups -OCH3 is 2. The second kappa shape index (κ2) is 18.2. The van der Waals surface area contributed by atoms with E-state index in [1.165, 1.54) is 4.90 Å². The van der Waals surface area contributed by atoms with Gasteiger partial charge in [-0.1, -0.05) is 51.1 Å². The highest BCUT2D eigenvalue weighted by atomic mass is 16.5. The van der Waals surface area contributed by atoms with Crippen molar-refractivity contribution in [2.75, 3.05) is 71.8 Å². The molecule has 2 aromatic carbocycles. The third kappa shape index (κ3) is 10.3. The summed E-state index contributed by atoms with van der Waals surface area (Å²) >= 11 is 0. The van der Waals surface area contributed by atoms with Gasteiger partial charge in [-0.05, 0) is 54.0 Å². The van der Waals surface area contributed by atoms with E-state index in [2.05, 4.69) is 23.1 Å². The number of piperidine rings is 1. The van der Waals surface area contributed by atoms with Crippen molar-refractivity contribution in [3.8, 4) is 5.75 Å². The van der Waals surface area contributed by atoms with E-state index >= 15 is 0 Å². The zero-order valence-electron chi connectivity index (χ0n) is 29.6. The molecular formula is C37H56N2O9. The Morgan fingerprint density at radius 2 is 1.71 bits per heavy atom. The number of aliphatic hydroxyl groups is 1. The van der Waals surface area contributed by atoms with Gasteiger partial charge in [0.1, 0.15) is 12.4 Å². The average molecular weight is 673 g/mol. The maximum absolute atomic E-state index is 12.8. The number of benzene rings is 2. The van der Waals surface area contributed by atoms with Crippen LogP contribution in [0.5, 0.6) is 5.75 Å². The zero-order chi connectivity index (χ0) is 34.7. The number of hydrogen-bond acceptors (Lipinski definition) is 9. The number of ether oxygens (including phenoxy) is 6. The lowest BCUT2D eigenvalue weighted by Crippen LogP contribution is -2.64. The van der Waals surface area contributed by atoms with Crippen LogP contribution in [-0.4, -0.2) is 112 Å². The number of carboxylic acid groups (broad SMARTS) is 1.